The monoisotopic (exact) mass is 319 g/mol. The number of nitrogens with one attached hydrogen (secondary N) is 1. The van der Waals surface area contributed by atoms with Gasteiger partial charge in [-0.05, 0) is 26.5 Å². The van der Waals surface area contributed by atoms with E-state index < -0.39 is 0 Å². The van der Waals surface area contributed by atoms with Crippen LogP contribution in [0.2, 0.25) is 0 Å². The Kier molecular flexibility index (Phi) is 4.26. The van der Waals surface area contributed by atoms with E-state index in [2.05, 4.69) is 41.1 Å². The van der Waals surface area contributed by atoms with Gasteiger partial charge in [-0.2, -0.15) is 0 Å². The molecule has 2 aromatic rings. The number of anilines is 1. The van der Waals surface area contributed by atoms with Gasteiger partial charge in [0.15, 0.2) is 0 Å². The Labute approximate surface area is 134 Å². The summed E-state index contributed by atoms with van der Waals surface area (Å²) in [5.41, 5.74) is 1.19. The highest BCUT2D eigenvalue weighted by Crippen LogP contribution is 2.32. The predicted molar refractivity (Wildman–Crippen MR) is 89.5 cm³/mol. The van der Waals surface area contributed by atoms with Crippen LogP contribution in [0.4, 0.5) is 5.82 Å². The molecular formula is C15H21N5OS. The van der Waals surface area contributed by atoms with Crippen molar-refractivity contribution >= 4 is 33.3 Å². The van der Waals surface area contributed by atoms with Gasteiger partial charge in [-0.15, -0.1) is 11.3 Å². The maximum atomic E-state index is 12.3. The van der Waals surface area contributed by atoms with Gasteiger partial charge in [-0.3, -0.25) is 4.79 Å². The number of likely N-dealkylation sites (N-methyl/N-ethyl adjacent to an activating group) is 1. The molecule has 1 aliphatic heterocycles. The van der Waals surface area contributed by atoms with Crippen LogP contribution in [0.1, 0.15) is 10.4 Å². The van der Waals surface area contributed by atoms with Crippen molar-refractivity contribution in [3.63, 3.8) is 0 Å². The summed E-state index contributed by atoms with van der Waals surface area (Å²) in [6, 6.07) is 0. The molecule has 1 saturated heterocycles. The quantitative estimate of drug-likeness (QED) is 0.929. The molecule has 22 heavy (non-hydrogen) atoms. The molecule has 6 nitrogen and oxygen atoms in total. The molecular weight excluding hydrogens is 298 g/mol. The van der Waals surface area contributed by atoms with Crippen LogP contribution in [-0.4, -0.2) is 65.4 Å². The topological polar surface area (TPSA) is 61.4 Å². The summed E-state index contributed by atoms with van der Waals surface area (Å²) in [4.78, 5) is 27.3. The lowest BCUT2D eigenvalue weighted by Gasteiger charge is -2.32. The Morgan fingerprint density at radius 3 is 2.73 bits per heavy atom. The van der Waals surface area contributed by atoms with E-state index in [0.717, 1.165) is 42.2 Å². The number of aromatic nitrogens is 2. The SMILES string of the molecule is Cc1sc2ncnc(NCC(=O)N3CCN(C)CC3)c2c1C. The molecule has 0 saturated carbocycles. The summed E-state index contributed by atoms with van der Waals surface area (Å²) in [6.07, 6.45) is 1.56. The van der Waals surface area contributed by atoms with Gasteiger partial charge in [0.05, 0.1) is 11.9 Å². The Balaban J connectivity index is 1.70. The third-order valence-electron chi connectivity index (χ3n) is 4.23. The average Bonchev–Trinajstić information content (AvgIpc) is 2.81. The normalized spacial score (nSPS) is 16.2. The zero-order valence-electron chi connectivity index (χ0n) is 13.2. The fraction of sp³-hybridized carbons (Fsp3) is 0.533. The van der Waals surface area contributed by atoms with Crippen LogP contribution >= 0.6 is 11.3 Å². The third-order valence-corrected chi connectivity index (χ3v) is 5.34. The van der Waals surface area contributed by atoms with Crippen LogP contribution in [0.15, 0.2) is 6.33 Å². The van der Waals surface area contributed by atoms with Crippen molar-refractivity contribution in [2.24, 2.45) is 0 Å². The summed E-state index contributed by atoms with van der Waals surface area (Å²) in [5, 5.41) is 4.24. The van der Waals surface area contributed by atoms with Crippen molar-refractivity contribution in [2.75, 3.05) is 45.1 Å². The van der Waals surface area contributed by atoms with Gasteiger partial charge in [0.1, 0.15) is 17.0 Å². The van der Waals surface area contributed by atoms with Crippen molar-refractivity contribution in [3.8, 4) is 0 Å². The first kappa shape index (κ1) is 15.2. The summed E-state index contributed by atoms with van der Waals surface area (Å²) < 4.78 is 0. The number of rotatable bonds is 3. The van der Waals surface area contributed by atoms with Gasteiger partial charge >= 0.3 is 0 Å². The molecule has 2 aromatic heterocycles. The van der Waals surface area contributed by atoms with Crippen LogP contribution in [0, 0.1) is 13.8 Å². The van der Waals surface area contributed by atoms with Gasteiger partial charge in [-0.1, -0.05) is 0 Å². The van der Waals surface area contributed by atoms with Crippen LogP contribution in [0.5, 0.6) is 0 Å². The molecule has 3 heterocycles. The molecule has 118 valence electrons. The van der Waals surface area contributed by atoms with E-state index in [9.17, 15) is 4.79 Å². The highest BCUT2D eigenvalue weighted by atomic mass is 32.1. The lowest BCUT2D eigenvalue weighted by Crippen LogP contribution is -2.48. The first-order valence-corrected chi connectivity index (χ1v) is 8.29. The fourth-order valence-electron chi connectivity index (χ4n) is 2.64. The zero-order valence-corrected chi connectivity index (χ0v) is 14.0. The summed E-state index contributed by atoms with van der Waals surface area (Å²) >= 11 is 1.66. The van der Waals surface area contributed by atoms with Gasteiger partial charge in [0.25, 0.3) is 0 Å². The van der Waals surface area contributed by atoms with Crippen molar-refractivity contribution < 1.29 is 4.79 Å². The molecule has 7 heteroatoms. The van der Waals surface area contributed by atoms with E-state index in [0.29, 0.717) is 0 Å². The second kappa shape index (κ2) is 6.18. The molecule has 0 unspecified atom stereocenters. The largest absolute Gasteiger partial charge is 0.360 e. The number of thiophene rings is 1. The van der Waals surface area contributed by atoms with Gasteiger partial charge < -0.3 is 15.1 Å². The first-order chi connectivity index (χ1) is 10.6. The average molecular weight is 319 g/mol. The lowest BCUT2D eigenvalue weighted by molar-refractivity contribution is -0.130. The van der Waals surface area contributed by atoms with Gasteiger partial charge in [-0.25, -0.2) is 9.97 Å². The van der Waals surface area contributed by atoms with E-state index in [-0.39, 0.29) is 12.5 Å². The summed E-state index contributed by atoms with van der Waals surface area (Å²) in [6.45, 7) is 7.91. The van der Waals surface area contributed by atoms with Crippen LogP contribution in [0.25, 0.3) is 10.2 Å². The van der Waals surface area contributed by atoms with Gasteiger partial charge in [0.2, 0.25) is 5.91 Å². The van der Waals surface area contributed by atoms with E-state index in [1.165, 1.54) is 10.4 Å². The second-order valence-corrected chi connectivity index (χ2v) is 6.93. The van der Waals surface area contributed by atoms with Gasteiger partial charge in [0, 0.05) is 31.1 Å². The number of hydrogen-bond donors (Lipinski definition) is 1. The Morgan fingerprint density at radius 1 is 1.27 bits per heavy atom. The number of carbonyl (C=O) groups excluding carboxylic acids is 1. The number of carbonyl (C=O) groups is 1. The molecule has 0 aliphatic carbocycles. The van der Waals surface area contributed by atoms with Crippen molar-refractivity contribution in [1.82, 2.24) is 19.8 Å². The zero-order chi connectivity index (χ0) is 15.7. The Bertz CT molecular complexity index is 691. The van der Waals surface area contributed by atoms with E-state index in [1.54, 1.807) is 17.7 Å². The number of nitrogens with zero attached hydrogens (tertiary/aromatic N) is 4. The summed E-state index contributed by atoms with van der Waals surface area (Å²) in [7, 11) is 2.08. The van der Waals surface area contributed by atoms with Crippen LogP contribution in [-0.2, 0) is 4.79 Å². The maximum Gasteiger partial charge on any atom is 0.242 e. The minimum absolute atomic E-state index is 0.129. The Hall–Kier alpha value is -1.73. The standard InChI is InChI=1S/C15H21N5OS/c1-10-11(2)22-15-13(10)14(17-9-18-15)16-8-12(21)20-6-4-19(3)5-7-20/h9H,4-8H2,1-3H3,(H,16,17,18). The molecule has 0 spiro atoms. The predicted octanol–water partition coefficient (Wildman–Crippen LogP) is 1.49. The van der Waals surface area contributed by atoms with E-state index in [4.69, 9.17) is 0 Å². The summed E-state index contributed by atoms with van der Waals surface area (Å²) in [5.74, 6) is 0.888. The molecule has 1 amide bonds. The number of piperazine rings is 1. The second-order valence-electron chi connectivity index (χ2n) is 5.72. The van der Waals surface area contributed by atoms with Crippen molar-refractivity contribution in [1.29, 1.82) is 0 Å². The van der Waals surface area contributed by atoms with Crippen LogP contribution < -0.4 is 5.32 Å². The maximum absolute atomic E-state index is 12.3. The number of hydrogen-bond acceptors (Lipinski definition) is 6. The Morgan fingerprint density at radius 2 is 2.00 bits per heavy atom. The molecule has 1 N–H and O–H groups in total. The molecule has 0 atom stereocenters. The molecule has 3 rings (SSSR count). The number of fused-ring (bicyclic) bond motifs is 1. The number of aryl methyl sites for hydroxylation is 2. The third kappa shape index (κ3) is 2.91. The fourth-order valence-corrected chi connectivity index (χ4v) is 3.64. The molecule has 1 fully saturated rings. The lowest BCUT2D eigenvalue weighted by atomic mass is 10.2. The minimum atomic E-state index is 0.129. The number of amides is 1. The van der Waals surface area contributed by atoms with Crippen molar-refractivity contribution in [2.45, 2.75) is 13.8 Å². The highest BCUT2D eigenvalue weighted by Gasteiger charge is 2.19. The smallest absolute Gasteiger partial charge is 0.242 e. The molecule has 0 aromatic carbocycles. The first-order valence-electron chi connectivity index (χ1n) is 7.47. The van der Waals surface area contributed by atoms with Crippen molar-refractivity contribution in [3.05, 3.63) is 16.8 Å². The molecule has 0 bridgehead atoms. The highest BCUT2D eigenvalue weighted by molar-refractivity contribution is 7.18. The molecule has 0 radical (unpaired) electrons. The van der Waals surface area contributed by atoms with E-state index >= 15 is 0 Å². The molecule has 1 aliphatic rings. The van der Waals surface area contributed by atoms with Crippen LogP contribution in [0.3, 0.4) is 0 Å². The van der Waals surface area contributed by atoms with E-state index in [1.807, 2.05) is 4.90 Å². The minimum Gasteiger partial charge on any atom is -0.360 e.